The highest BCUT2D eigenvalue weighted by Crippen LogP contribution is 2.47. The second kappa shape index (κ2) is 5.92. The fraction of sp³-hybridized carbons (Fsp3) is 0.471. The molecule has 0 fully saturated rings. The number of anilines is 1. The van der Waals surface area contributed by atoms with Gasteiger partial charge in [-0.15, -0.1) is 0 Å². The van der Waals surface area contributed by atoms with Crippen LogP contribution in [-0.2, 0) is 6.18 Å². The molecule has 9 heteroatoms. The Labute approximate surface area is 144 Å². The van der Waals surface area contributed by atoms with E-state index in [1.807, 2.05) is 0 Å². The Hall–Kier alpha value is -2.19. The van der Waals surface area contributed by atoms with E-state index in [-0.39, 0.29) is 17.4 Å². The predicted molar refractivity (Wildman–Crippen MR) is 85.5 cm³/mol. The third-order valence-corrected chi connectivity index (χ3v) is 4.95. The molecule has 2 unspecified atom stereocenters. The van der Waals surface area contributed by atoms with E-state index in [4.69, 9.17) is 0 Å². The third kappa shape index (κ3) is 3.14. The first-order valence-corrected chi connectivity index (χ1v) is 8.00. The Morgan fingerprint density at radius 1 is 1.12 bits per heavy atom. The summed E-state index contributed by atoms with van der Waals surface area (Å²) in [6, 6.07) is 2.89. The Kier molecular flexibility index (Phi) is 4.23. The number of pyridine rings is 1. The number of halogens is 6. The number of hydrogen-bond donors (Lipinski definition) is 1. The van der Waals surface area contributed by atoms with Gasteiger partial charge in [0, 0.05) is 41.2 Å². The number of alkyl halides is 6. The number of fused-ring (bicyclic) bond motifs is 3. The van der Waals surface area contributed by atoms with Crippen molar-refractivity contribution < 1.29 is 26.3 Å². The minimum absolute atomic E-state index is 0.0281. The van der Waals surface area contributed by atoms with E-state index in [9.17, 15) is 31.1 Å². The van der Waals surface area contributed by atoms with Gasteiger partial charge in [0.2, 0.25) is 5.56 Å². The lowest BCUT2D eigenvalue weighted by atomic mass is 9.92. The van der Waals surface area contributed by atoms with E-state index in [0.29, 0.717) is 17.3 Å². The molecule has 142 valence electrons. The van der Waals surface area contributed by atoms with E-state index >= 15 is 0 Å². The second-order valence-corrected chi connectivity index (χ2v) is 6.55. The lowest BCUT2D eigenvalue weighted by molar-refractivity contribution is -0.136. The highest BCUT2D eigenvalue weighted by molar-refractivity contribution is 5.93. The first-order valence-electron chi connectivity index (χ1n) is 8.00. The average Bonchev–Trinajstić information content (AvgIpc) is 2.74. The normalized spacial score (nSPS) is 20.7. The number of aromatic amines is 1. The van der Waals surface area contributed by atoms with Crippen LogP contribution in [0, 0.1) is 0 Å². The highest BCUT2D eigenvalue weighted by Gasteiger charge is 2.40. The van der Waals surface area contributed by atoms with Gasteiger partial charge < -0.3 is 9.88 Å². The SMILES string of the molecule is CC1c2c(ccc3[nH]c(=O)cc(C(F)(F)F)c23)N(CCC(F)(F)F)C1C. The molecule has 0 saturated carbocycles. The van der Waals surface area contributed by atoms with Crippen LogP contribution in [0.25, 0.3) is 10.9 Å². The van der Waals surface area contributed by atoms with Crippen LogP contribution in [0.1, 0.15) is 37.3 Å². The largest absolute Gasteiger partial charge is 0.417 e. The van der Waals surface area contributed by atoms with Crippen molar-refractivity contribution in [1.82, 2.24) is 4.98 Å². The van der Waals surface area contributed by atoms with E-state index < -0.39 is 41.9 Å². The number of rotatable bonds is 2. The summed E-state index contributed by atoms with van der Waals surface area (Å²) in [4.78, 5) is 15.5. The first-order chi connectivity index (χ1) is 11.9. The predicted octanol–water partition coefficient (Wildman–Crippen LogP) is 4.81. The monoisotopic (exact) mass is 378 g/mol. The van der Waals surface area contributed by atoms with Crippen molar-refractivity contribution in [3.05, 3.63) is 39.7 Å². The van der Waals surface area contributed by atoms with Gasteiger partial charge in [-0.25, -0.2) is 0 Å². The second-order valence-electron chi connectivity index (χ2n) is 6.55. The molecule has 1 aliphatic heterocycles. The number of hydrogen-bond acceptors (Lipinski definition) is 2. The lowest BCUT2D eigenvalue weighted by Gasteiger charge is -2.26. The molecule has 2 aromatic rings. The van der Waals surface area contributed by atoms with Crippen LogP contribution in [-0.4, -0.2) is 23.7 Å². The number of nitrogens with one attached hydrogen (secondary N) is 1. The maximum Gasteiger partial charge on any atom is 0.417 e. The van der Waals surface area contributed by atoms with E-state index in [0.717, 1.165) is 0 Å². The van der Waals surface area contributed by atoms with Crippen molar-refractivity contribution >= 4 is 16.6 Å². The Morgan fingerprint density at radius 2 is 1.77 bits per heavy atom. The lowest BCUT2D eigenvalue weighted by Crippen LogP contribution is -2.33. The van der Waals surface area contributed by atoms with Gasteiger partial charge in [0.25, 0.3) is 0 Å². The molecule has 2 atom stereocenters. The standard InChI is InChI=1S/C17H16F6N2O/c1-8-9(2)25(6-5-16(18,19)20)12-4-3-11-15(14(8)12)10(17(21,22)23)7-13(26)24-11/h3-4,7-9H,5-6H2,1-2H3,(H,24,26). The van der Waals surface area contributed by atoms with Gasteiger partial charge in [-0.1, -0.05) is 6.92 Å². The summed E-state index contributed by atoms with van der Waals surface area (Å²) in [5, 5.41) is -0.150. The summed E-state index contributed by atoms with van der Waals surface area (Å²) < 4.78 is 78.3. The fourth-order valence-corrected chi connectivity index (χ4v) is 3.61. The van der Waals surface area contributed by atoms with Crippen LogP contribution in [0.5, 0.6) is 0 Å². The molecule has 1 aromatic carbocycles. The summed E-state index contributed by atoms with van der Waals surface area (Å²) in [6.45, 7) is 3.03. The Morgan fingerprint density at radius 3 is 2.35 bits per heavy atom. The van der Waals surface area contributed by atoms with E-state index in [1.165, 1.54) is 17.0 Å². The first kappa shape index (κ1) is 18.6. The van der Waals surface area contributed by atoms with Crippen molar-refractivity contribution in [3.63, 3.8) is 0 Å². The Bertz CT molecular complexity index is 899. The van der Waals surface area contributed by atoms with Crippen LogP contribution in [0.3, 0.4) is 0 Å². The van der Waals surface area contributed by atoms with Gasteiger partial charge in [0.1, 0.15) is 0 Å². The number of benzene rings is 1. The van der Waals surface area contributed by atoms with Crippen molar-refractivity contribution in [2.45, 2.75) is 44.6 Å². The maximum absolute atomic E-state index is 13.5. The third-order valence-electron chi connectivity index (χ3n) is 4.95. The molecule has 1 aliphatic rings. The number of nitrogens with zero attached hydrogens (tertiary/aromatic N) is 1. The van der Waals surface area contributed by atoms with E-state index in [2.05, 4.69) is 4.98 Å². The summed E-state index contributed by atoms with van der Waals surface area (Å²) in [5.74, 6) is -0.422. The molecule has 0 spiro atoms. The molecule has 1 aromatic heterocycles. The van der Waals surface area contributed by atoms with E-state index in [1.54, 1.807) is 13.8 Å². The molecule has 0 amide bonds. The smallest absolute Gasteiger partial charge is 0.368 e. The number of aromatic nitrogens is 1. The zero-order chi connectivity index (χ0) is 19.4. The molecule has 1 N–H and O–H groups in total. The molecule has 0 radical (unpaired) electrons. The summed E-state index contributed by atoms with van der Waals surface area (Å²) in [7, 11) is 0. The molecular formula is C17H16F6N2O. The fourth-order valence-electron chi connectivity index (χ4n) is 3.61. The Balaban J connectivity index is 2.22. The van der Waals surface area contributed by atoms with Gasteiger partial charge in [-0.05, 0) is 24.6 Å². The molecule has 3 rings (SSSR count). The van der Waals surface area contributed by atoms with Crippen LogP contribution in [0.15, 0.2) is 23.0 Å². The van der Waals surface area contributed by atoms with Crippen LogP contribution < -0.4 is 10.5 Å². The van der Waals surface area contributed by atoms with Gasteiger partial charge in [-0.3, -0.25) is 4.79 Å². The van der Waals surface area contributed by atoms with Gasteiger partial charge in [-0.2, -0.15) is 26.3 Å². The van der Waals surface area contributed by atoms with Crippen molar-refractivity contribution in [2.24, 2.45) is 0 Å². The van der Waals surface area contributed by atoms with Crippen molar-refractivity contribution in [1.29, 1.82) is 0 Å². The van der Waals surface area contributed by atoms with Crippen LogP contribution in [0.4, 0.5) is 32.0 Å². The molecule has 0 saturated heterocycles. The molecule has 0 aliphatic carbocycles. The quantitative estimate of drug-likeness (QED) is 0.762. The van der Waals surface area contributed by atoms with Crippen LogP contribution in [0.2, 0.25) is 0 Å². The van der Waals surface area contributed by atoms with Crippen molar-refractivity contribution in [2.75, 3.05) is 11.4 Å². The minimum atomic E-state index is -4.75. The van der Waals surface area contributed by atoms with Crippen LogP contribution >= 0.6 is 0 Å². The van der Waals surface area contributed by atoms with Gasteiger partial charge in [0.15, 0.2) is 0 Å². The maximum atomic E-state index is 13.5. The molecule has 2 heterocycles. The molecular weight excluding hydrogens is 362 g/mol. The zero-order valence-electron chi connectivity index (χ0n) is 13.9. The average molecular weight is 378 g/mol. The highest BCUT2D eigenvalue weighted by atomic mass is 19.4. The number of H-pyrrole nitrogens is 1. The van der Waals surface area contributed by atoms with Gasteiger partial charge >= 0.3 is 12.4 Å². The van der Waals surface area contributed by atoms with Crippen molar-refractivity contribution in [3.8, 4) is 0 Å². The zero-order valence-corrected chi connectivity index (χ0v) is 13.9. The minimum Gasteiger partial charge on any atom is -0.368 e. The molecule has 26 heavy (non-hydrogen) atoms. The topological polar surface area (TPSA) is 36.1 Å². The molecule has 0 bridgehead atoms. The summed E-state index contributed by atoms with van der Waals surface area (Å²) >= 11 is 0. The summed E-state index contributed by atoms with van der Waals surface area (Å²) in [6.07, 6.45) is -10.2. The molecule has 3 nitrogen and oxygen atoms in total. The summed E-state index contributed by atoms with van der Waals surface area (Å²) in [5.41, 5.74) is -1.25. The van der Waals surface area contributed by atoms with Gasteiger partial charge in [0.05, 0.1) is 12.0 Å².